The number of amides is 1. The van der Waals surface area contributed by atoms with Gasteiger partial charge in [0.15, 0.2) is 17.6 Å². The molecule has 4 rings (SSSR count). The molecule has 2 aromatic rings. The standard InChI is InChI=1S/C20H24N4O5/c21-18(25)11-24-9-5-14(6-10-24)29-20-19(22-7-8-23-20)27-13-15-12-26-16-3-1-2-4-17(16)28-15/h1-4,7-8,14-15H,5-6,9-13H2,(H2,21,25). The number of para-hydroxylation sites is 2. The largest absolute Gasteiger partial charge is 0.486 e. The number of rotatable bonds is 7. The van der Waals surface area contributed by atoms with Crippen molar-refractivity contribution in [3.8, 4) is 23.3 Å². The van der Waals surface area contributed by atoms with Crippen molar-refractivity contribution in [1.82, 2.24) is 14.9 Å². The predicted octanol–water partition coefficient (Wildman–Crippen LogP) is 1.02. The number of ether oxygens (including phenoxy) is 4. The van der Waals surface area contributed by atoms with Gasteiger partial charge in [0.1, 0.15) is 19.3 Å². The second kappa shape index (κ2) is 8.95. The average Bonchev–Trinajstić information content (AvgIpc) is 2.74. The molecule has 29 heavy (non-hydrogen) atoms. The average molecular weight is 400 g/mol. The summed E-state index contributed by atoms with van der Waals surface area (Å²) in [5.41, 5.74) is 5.26. The van der Waals surface area contributed by atoms with Crippen molar-refractivity contribution in [3.63, 3.8) is 0 Å². The van der Waals surface area contributed by atoms with Crippen molar-refractivity contribution in [2.75, 3.05) is 32.8 Å². The maximum Gasteiger partial charge on any atom is 0.278 e. The normalized spacial score (nSPS) is 19.5. The van der Waals surface area contributed by atoms with Crippen molar-refractivity contribution in [1.29, 1.82) is 0 Å². The first-order valence-electron chi connectivity index (χ1n) is 9.67. The summed E-state index contributed by atoms with van der Waals surface area (Å²) in [7, 11) is 0. The van der Waals surface area contributed by atoms with Gasteiger partial charge in [0.2, 0.25) is 5.91 Å². The van der Waals surface area contributed by atoms with Crippen LogP contribution in [-0.2, 0) is 4.79 Å². The predicted molar refractivity (Wildman–Crippen MR) is 103 cm³/mol. The molecule has 0 aliphatic carbocycles. The van der Waals surface area contributed by atoms with Gasteiger partial charge in [0.25, 0.3) is 11.8 Å². The molecule has 2 aliphatic rings. The number of nitrogens with two attached hydrogens (primary N) is 1. The fourth-order valence-corrected chi connectivity index (χ4v) is 3.37. The number of piperidine rings is 1. The topological polar surface area (TPSA) is 109 Å². The fraction of sp³-hybridized carbons (Fsp3) is 0.450. The summed E-state index contributed by atoms with van der Waals surface area (Å²) >= 11 is 0. The van der Waals surface area contributed by atoms with Gasteiger partial charge in [-0.1, -0.05) is 12.1 Å². The molecule has 1 aromatic carbocycles. The number of hydrogen-bond acceptors (Lipinski definition) is 8. The highest BCUT2D eigenvalue weighted by Gasteiger charge is 2.25. The molecule has 1 fully saturated rings. The van der Waals surface area contributed by atoms with Crippen LogP contribution in [0, 0.1) is 0 Å². The Balaban J connectivity index is 1.30. The quantitative estimate of drug-likeness (QED) is 0.734. The number of carbonyl (C=O) groups excluding carboxylic acids is 1. The van der Waals surface area contributed by atoms with Crippen molar-refractivity contribution in [3.05, 3.63) is 36.7 Å². The number of carbonyl (C=O) groups is 1. The summed E-state index contributed by atoms with van der Waals surface area (Å²) < 4.78 is 23.5. The Bertz CT molecular complexity index is 841. The van der Waals surface area contributed by atoms with E-state index in [0.29, 0.717) is 24.1 Å². The molecule has 1 unspecified atom stereocenters. The minimum atomic E-state index is -0.314. The molecule has 0 radical (unpaired) electrons. The Morgan fingerprint density at radius 1 is 1.14 bits per heavy atom. The van der Waals surface area contributed by atoms with E-state index in [2.05, 4.69) is 9.97 Å². The van der Waals surface area contributed by atoms with E-state index in [-0.39, 0.29) is 31.3 Å². The third-order valence-electron chi connectivity index (χ3n) is 4.80. The Hall–Kier alpha value is -3.07. The van der Waals surface area contributed by atoms with Crippen molar-refractivity contribution in [2.45, 2.75) is 25.0 Å². The number of nitrogens with zero attached hydrogens (tertiary/aromatic N) is 3. The Morgan fingerprint density at radius 2 is 1.86 bits per heavy atom. The van der Waals surface area contributed by atoms with E-state index >= 15 is 0 Å². The first kappa shape index (κ1) is 19.3. The van der Waals surface area contributed by atoms with Crippen molar-refractivity contribution in [2.24, 2.45) is 5.73 Å². The van der Waals surface area contributed by atoms with Crippen LogP contribution in [-0.4, -0.2) is 65.8 Å². The van der Waals surface area contributed by atoms with Crippen LogP contribution in [0.25, 0.3) is 0 Å². The van der Waals surface area contributed by atoms with Gasteiger partial charge in [-0.2, -0.15) is 0 Å². The van der Waals surface area contributed by atoms with Crippen LogP contribution in [0.15, 0.2) is 36.7 Å². The van der Waals surface area contributed by atoms with Gasteiger partial charge in [0, 0.05) is 25.5 Å². The number of benzene rings is 1. The molecule has 154 valence electrons. The summed E-state index contributed by atoms with van der Waals surface area (Å²) in [4.78, 5) is 21.6. The zero-order valence-electron chi connectivity index (χ0n) is 16.0. The third kappa shape index (κ3) is 5.05. The third-order valence-corrected chi connectivity index (χ3v) is 4.80. The summed E-state index contributed by atoms with van der Waals surface area (Å²) in [6, 6.07) is 7.54. The molecule has 2 N–H and O–H groups in total. The smallest absolute Gasteiger partial charge is 0.278 e. The number of aromatic nitrogens is 2. The molecule has 1 amide bonds. The SMILES string of the molecule is NC(=O)CN1CCC(Oc2nccnc2OCC2COc3ccccc3O2)CC1. The van der Waals surface area contributed by atoms with Crippen LogP contribution in [0.3, 0.4) is 0 Å². The molecule has 0 saturated carbocycles. The van der Waals surface area contributed by atoms with Gasteiger partial charge >= 0.3 is 0 Å². The second-order valence-corrected chi connectivity index (χ2v) is 7.03. The lowest BCUT2D eigenvalue weighted by atomic mass is 10.1. The van der Waals surface area contributed by atoms with Gasteiger partial charge in [-0.15, -0.1) is 0 Å². The second-order valence-electron chi connectivity index (χ2n) is 7.03. The summed E-state index contributed by atoms with van der Waals surface area (Å²) in [5, 5.41) is 0. The molecule has 0 bridgehead atoms. The molecule has 2 aliphatic heterocycles. The van der Waals surface area contributed by atoms with Crippen molar-refractivity contribution < 1.29 is 23.7 Å². The summed E-state index contributed by atoms with van der Waals surface area (Å²) in [6.07, 6.45) is 4.42. The van der Waals surface area contributed by atoms with Gasteiger partial charge in [-0.3, -0.25) is 9.69 Å². The highest BCUT2D eigenvalue weighted by molar-refractivity contribution is 5.75. The maximum atomic E-state index is 11.1. The summed E-state index contributed by atoms with van der Waals surface area (Å²) in [5.74, 6) is 1.80. The van der Waals surface area contributed by atoms with E-state index in [1.165, 1.54) is 0 Å². The van der Waals surface area contributed by atoms with E-state index in [4.69, 9.17) is 24.7 Å². The van der Waals surface area contributed by atoms with Crippen LogP contribution < -0.4 is 24.7 Å². The zero-order chi connectivity index (χ0) is 20.1. The molecule has 1 saturated heterocycles. The van der Waals surface area contributed by atoms with Crippen LogP contribution in [0.4, 0.5) is 0 Å². The molecule has 1 atom stereocenters. The number of fused-ring (bicyclic) bond motifs is 1. The van der Waals surface area contributed by atoms with Gasteiger partial charge in [-0.05, 0) is 25.0 Å². The van der Waals surface area contributed by atoms with Crippen LogP contribution in [0.2, 0.25) is 0 Å². The Morgan fingerprint density at radius 3 is 2.62 bits per heavy atom. The van der Waals surface area contributed by atoms with Gasteiger partial charge < -0.3 is 24.7 Å². The molecule has 1 aromatic heterocycles. The molecule has 9 nitrogen and oxygen atoms in total. The highest BCUT2D eigenvalue weighted by atomic mass is 16.6. The van der Waals surface area contributed by atoms with Crippen LogP contribution in [0.1, 0.15) is 12.8 Å². The molecule has 0 spiro atoms. The first-order chi connectivity index (χ1) is 14.2. The Kier molecular flexibility index (Phi) is 5.95. The maximum absolute atomic E-state index is 11.1. The summed E-state index contributed by atoms with van der Waals surface area (Å²) in [6.45, 7) is 2.43. The molecule has 9 heteroatoms. The number of hydrogen-bond donors (Lipinski definition) is 1. The van der Waals surface area contributed by atoms with E-state index in [0.717, 1.165) is 31.7 Å². The van der Waals surface area contributed by atoms with E-state index in [1.807, 2.05) is 29.2 Å². The van der Waals surface area contributed by atoms with Crippen LogP contribution in [0.5, 0.6) is 23.3 Å². The van der Waals surface area contributed by atoms with Crippen molar-refractivity contribution >= 4 is 5.91 Å². The number of likely N-dealkylation sites (tertiary alicyclic amines) is 1. The van der Waals surface area contributed by atoms with Gasteiger partial charge in [-0.25, -0.2) is 9.97 Å². The number of primary amides is 1. The lowest BCUT2D eigenvalue weighted by Gasteiger charge is -2.31. The monoisotopic (exact) mass is 400 g/mol. The minimum absolute atomic E-state index is 0.0145. The minimum Gasteiger partial charge on any atom is -0.486 e. The first-order valence-corrected chi connectivity index (χ1v) is 9.67. The lowest BCUT2D eigenvalue weighted by Crippen LogP contribution is -2.42. The Labute approximate surface area is 168 Å². The molecule has 3 heterocycles. The zero-order valence-corrected chi connectivity index (χ0v) is 16.0. The van der Waals surface area contributed by atoms with Crippen LogP contribution >= 0.6 is 0 Å². The highest BCUT2D eigenvalue weighted by Crippen LogP contribution is 2.31. The van der Waals surface area contributed by atoms with E-state index in [9.17, 15) is 4.79 Å². The fourth-order valence-electron chi connectivity index (χ4n) is 3.37. The lowest BCUT2D eigenvalue weighted by molar-refractivity contribution is -0.119. The van der Waals surface area contributed by atoms with E-state index < -0.39 is 0 Å². The molecular formula is C20H24N4O5. The molecular weight excluding hydrogens is 376 g/mol. The van der Waals surface area contributed by atoms with Gasteiger partial charge in [0.05, 0.1) is 6.54 Å². The van der Waals surface area contributed by atoms with E-state index in [1.54, 1.807) is 12.4 Å².